The normalized spacial score (nSPS) is 18.1. The fraction of sp³-hybridized carbons (Fsp3) is 0.294. The summed E-state index contributed by atoms with van der Waals surface area (Å²) in [6, 6.07) is 14.3. The van der Waals surface area contributed by atoms with Gasteiger partial charge in [0.2, 0.25) is 0 Å². The average molecular weight is 367 g/mol. The summed E-state index contributed by atoms with van der Waals surface area (Å²) >= 11 is 9.73. The summed E-state index contributed by atoms with van der Waals surface area (Å²) in [5, 5.41) is 4.31. The van der Waals surface area contributed by atoms with E-state index in [0.717, 1.165) is 33.8 Å². The molecule has 0 spiro atoms. The van der Waals surface area contributed by atoms with Gasteiger partial charge in [-0.25, -0.2) is 0 Å². The van der Waals surface area contributed by atoms with Gasteiger partial charge in [-0.3, -0.25) is 0 Å². The van der Waals surface area contributed by atoms with Gasteiger partial charge in [-0.1, -0.05) is 45.7 Å². The fourth-order valence-electron chi connectivity index (χ4n) is 2.65. The molecule has 4 heteroatoms. The number of fused-ring (bicyclic) bond motifs is 1. The lowest BCUT2D eigenvalue weighted by Crippen LogP contribution is -2.32. The topological polar surface area (TPSA) is 21.3 Å². The zero-order valence-corrected chi connectivity index (χ0v) is 14.1. The predicted octanol–water partition coefficient (Wildman–Crippen LogP) is 4.76. The van der Waals surface area contributed by atoms with E-state index in [1.165, 1.54) is 5.56 Å². The summed E-state index contributed by atoms with van der Waals surface area (Å²) in [6.45, 7) is 2.93. The third-order valence-electron chi connectivity index (χ3n) is 3.79. The van der Waals surface area contributed by atoms with Crippen LogP contribution in [0, 0.1) is 0 Å². The molecule has 1 aliphatic heterocycles. The predicted molar refractivity (Wildman–Crippen MR) is 90.1 cm³/mol. The van der Waals surface area contributed by atoms with Crippen molar-refractivity contribution in [2.45, 2.75) is 25.5 Å². The number of halogens is 2. The number of nitrogens with one attached hydrogen (secondary N) is 1. The summed E-state index contributed by atoms with van der Waals surface area (Å²) in [5.74, 6) is 0.996. The minimum absolute atomic E-state index is 0.180. The molecule has 0 saturated heterocycles. The first-order valence-corrected chi connectivity index (χ1v) is 8.23. The van der Waals surface area contributed by atoms with E-state index in [1.54, 1.807) is 0 Å². The summed E-state index contributed by atoms with van der Waals surface area (Å²) < 4.78 is 7.06. The van der Waals surface area contributed by atoms with Gasteiger partial charge in [0.15, 0.2) is 0 Å². The molecule has 2 atom stereocenters. The second-order valence-electron chi connectivity index (χ2n) is 5.35. The number of rotatable bonds is 4. The Kier molecular flexibility index (Phi) is 4.53. The molecule has 0 saturated carbocycles. The molecule has 1 N–H and O–H groups in total. The first-order chi connectivity index (χ1) is 10.1. The first kappa shape index (κ1) is 14.9. The van der Waals surface area contributed by atoms with Gasteiger partial charge in [-0.15, -0.1) is 0 Å². The van der Waals surface area contributed by atoms with Gasteiger partial charge in [-0.2, -0.15) is 0 Å². The quantitative estimate of drug-likeness (QED) is 0.842. The molecule has 0 fully saturated rings. The largest absolute Gasteiger partial charge is 0.488 e. The zero-order chi connectivity index (χ0) is 14.8. The lowest BCUT2D eigenvalue weighted by Gasteiger charge is -2.18. The molecular weight excluding hydrogens is 350 g/mol. The summed E-state index contributed by atoms with van der Waals surface area (Å²) in [5.41, 5.74) is 2.39. The second kappa shape index (κ2) is 6.39. The molecule has 1 unspecified atom stereocenters. The summed E-state index contributed by atoms with van der Waals surface area (Å²) in [7, 11) is 0. The zero-order valence-electron chi connectivity index (χ0n) is 11.8. The Bertz CT molecular complexity index is 646. The van der Waals surface area contributed by atoms with Crippen LogP contribution in [0.3, 0.4) is 0 Å². The van der Waals surface area contributed by atoms with E-state index < -0.39 is 0 Å². The molecule has 1 heterocycles. The smallest absolute Gasteiger partial charge is 0.123 e. The van der Waals surface area contributed by atoms with Crippen LogP contribution in [-0.4, -0.2) is 12.6 Å². The summed E-state index contributed by atoms with van der Waals surface area (Å²) in [6.07, 6.45) is 1.12. The van der Waals surface area contributed by atoms with Crippen molar-refractivity contribution < 1.29 is 4.74 Å². The lowest BCUT2D eigenvalue weighted by atomic mass is 10.1. The highest BCUT2D eigenvalue weighted by molar-refractivity contribution is 9.10. The Morgan fingerprint density at radius 2 is 2.14 bits per heavy atom. The Morgan fingerprint density at radius 3 is 2.95 bits per heavy atom. The van der Waals surface area contributed by atoms with Gasteiger partial charge < -0.3 is 10.1 Å². The molecule has 0 bridgehead atoms. The standard InChI is InChI=1S/C17H17BrClNO/c1-11(15-4-2-3-5-16(15)19)20-10-14-9-12-8-13(18)6-7-17(12)21-14/h2-8,11,14,20H,9-10H2,1H3/t11-,14?/m0/s1. The maximum Gasteiger partial charge on any atom is 0.123 e. The van der Waals surface area contributed by atoms with Gasteiger partial charge in [-0.05, 0) is 42.3 Å². The van der Waals surface area contributed by atoms with Gasteiger partial charge in [0.05, 0.1) is 0 Å². The molecule has 110 valence electrons. The van der Waals surface area contributed by atoms with Crippen LogP contribution in [0.4, 0.5) is 0 Å². The molecule has 21 heavy (non-hydrogen) atoms. The number of benzene rings is 2. The van der Waals surface area contributed by atoms with Gasteiger partial charge in [0, 0.05) is 28.5 Å². The maximum atomic E-state index is 6.23. The third kappa shape index (κ3) is 3.42. The molecular formula is C17H17BrClNO. The van der Waals surface area contributed by atoms with E-state index in [0.29, 0.717) is 0 Å². The van der Waals surface area contributed by atoms with E-state index in [2.05, 4.69) is 40.3 Å². The van der Waals surface area contributed by atoms with E-state index >= 15 is 0 Å². The SMILES string of the molecule is C[C@H](NCC1Cc2cc(Br)ccc2O1)c1ccccc1Cl. The average Bonchev–Trinajstić information content (AvgIpc) is 2.87. The number of hydrogen-bond donors (Lipinski definition) is 1. The van der Waals surface area contributed by atoms with Crippen LogP contribution < -0.4 is 10.1 Å². The molecule has 0 aromatic heterocycles. The highest BCUT2D eigenvalue weighted by Gasteiger charge is 2.23. The van der Waals surface area contributed by atoms with Crippen LogP contribution >= 0.6 is 27.5 Å². The summed E-state index contributed by atoms with van der Waals surface area (Å²) in [4.78, 5) is 0. The maximum absolute atomic E-state index is 6.23. The highest BCUT2D eigenvalue weighted by Crippen LogP contribution is 2.31. The van der Waals surface area contributed by atoms with E-state index in [-0.39, 0.29) is 12.1 Å². The van der Waals surface area contributed by atoms with E-state index in [1.807, 2.05) is 30.3 Å². The fourth-order valence-corrected chi connectivity index (χ4v) is 3.36. The van der Waals surface area contributed by atoms with Crippen molar-refractivity contribution in [3.8, 4) is 5.75 Å². The van der Waals surface area contributed by atoms with Crippen LogP contribution in [0.1, 0.15) is 24.1 Å². The van der Waals surface area contributed by atoms with Crippen molar-refractivity contribution in [2.24, 2.45) is 0 Å². The molecule has 1 aliphatic rings. The molecule has 0 amide bonds. The minimum Gasteiger partial charge on any atom is -0.488 e. The molecule has 0 aliphatic carbocycles. The van der Waals surface area contributed by atoms with Gasteiger partial charge >= 0.3 is 0 Å². The van der Waals surface area contributed by atoms with Crippen LogP contribution in [0.25, 0.3) is 0 Å². The Labute approximate surface area is 138 Å². The molecule has 2 nitrogen and oxygen atoms in total. The van der Waals surface area contributed by atoms with Crippen LogP contribution in [-0.2, 0) is 6.42 Å². The third-order valence-corrected chi connectivity index (χ3v) is 4.62. The molecule has 2 aromatic carbocycles. The Balaban J connectivity index is 1.59. The van der Waals surface area contributed by atoms with E-state index in [4.69, 9.17) is 16.3 Å². The van der Waals surface area contributed by atoms with Gasteiger partial charge in [0.1, 0.15) is 11.9 Å². The molecule has 2 aromatic rings. The first-order valence-electron chi connectivity index (χ1n) is 7.06. The van der Waals surface area contributed by atoms with Crippen LogP contribution in [0.15, 0.2) is 46.9 Å². The van der Waals surface area contributed by atoms with Crippen molar-refractivity contribution in [2.75, 3.05) is 6.54 Å². The van der Waals surface area contributed by atoms with Crippen LogP contribution in [0.2, 0.25) is 5.02 Å². The molecule has 0 radical (unpaired) electrons. The van der Waals surface area contributed by atoms with Crippen molar-refractivity contribution in [3.63, 3.8) is 0 Å². The van der Waals surface area contributed by atoms with Crippen molar-refractivity contribution in [3.05, 3.63) is 63.1 Å². The van der Waals surface area contributed by atoms with Gasteiger partial charge in [0.25, 0.3) is 0 Å². The lowest BCUT2D eigenvalue weighted by molar-refractivity contribution is 0.222. The monoisotopic (exact) mass is 365 g/mol. The Morgan fingerprint density at radius 1 is 1.33 bits per heavy atom. The number of ether oxygens (including phenoxy) is 1. The van der Waals surface area contributed by atoms with Crippen LogP contribution in [0.5, 0.6) is 5.75 Å². The minimum atomic E-state index is 0.180. The van der Waals surface area contributed by atoms with Crippen molar-refractivity contribution in [1.29, 1.82) is 0 Å². The second-order valence-corrected chi connectivity index (χ2v) is 6.67. The van der Waals surface area contributed by atoms with E-state index in [9.17, 15) is 0 Å². The van der Waals surface area contributed by atoms with Crippen molar-refractivity contribution in [1.82, 2.24) is 5.32 Å². The Hall–Kier alpha value is -1.03. The highest BCUT2D eigenvalue weighted by atomic mass is 79.9. The molecule has 3 rings (SSSR count). The number of hydrogen-bond acceptors (Lipinski definition) is 2. The van der Waals surface area contributed by atoms with Crippen molar-refractivity contribution >= 4 is 27.5 Å².